The van der Waals surface area contributed by atoms with Crippen LogP contribution in [0.15, 0.2) is 30.5 Å². The average molecular weight is 242 g/mol. The van der Waals surface area contributed by atoms with Crippen LogP contribution in [0.5, 0.6) is 0 Å². The molecule has 2 aromatic rings. The largest absolute Gasteiger partial charge is 0.384 e. The van der Waals surface area contributed by atoms with E-state index in [9.17, 15) is 0 Å². The highest BCUT2D eigenvalue weighted by Crippen LogP contribution is 2.39. The van der Waals surface area contributed by atoms with Gasteiger partial charge in [0.05, 0.1) is 6.61 Å². The van der Waals surface area contributed by atoms with Gasteiger partial charge in [-0.05, 0) is 30.9 Å². The molecule has 1 N–H and O–H groups in total. The van der Waals surface area contributed by atoms with Crippen molar-refractivity contribution in [3.63, 3.8) is 0 Å². The topological polar surface area (TPSA) is 37.9 Å². The second kappa shape index (κ2) is 4.25. The minimum atomic E-state index is 0.0275. The first-order valence-electron chi connectivity index (χ1n) is 6.31. The highest BCUT2D eigenvalue weighted by atomic mass is 16.5. The molecule has 3 rings (SSSR count). The molecule has 0 bridgehead atoms. The Morgan fingerprint density at radius 3 is 2.44 bits per heavy atom. The molecule has 0 fully saturated rings. The Labute approximate surface area is 107 Å². The highest BCUT2D eigenvalue weighted by Gasteiger charge is 2.40. The first kappa shape index (κ1) is 11.5. The van der Waals surface area contributed by atoms with Gasteiger partial charge in [0, 0.05) is 24.4 Å². The number of imidazole rings is 1. The summed E-state index contributed by atoms with van der Waals surface area (Å²) in [5, 5.41) is 0. The Kier molecular flexibility index (Phi) is 2.71. The number of nitrogens with zero attached hydrogens (tertiary/aromatic N) is 1. The lowest BCUT2D eigenvalue weighted by Crippen LogP contribution is -2.33. The van der Waals surface area contributed by atoms with Crippen LogP contribution in [0.4, 0.5) is 0 Å². The molecule has 1 aromatic heterocycles. The van der Waals surface area contributed by atoms with Crippen molar-refractivity contribution >= 4 is 0 Å². The lowest BCUT2D eigenvalue weighted by molar-refractivity contribution is 0.131. The number of aromatic nitrogens is 2. The zero-order valence-corrected chi connectivity index (χ0v) is 10.9. The summed E-state index contributed by atoms with van der Waals surface area (Å²) in [4.78, 5) is 7.73. The van der Waals surface area contributed by atoms with Crippen molar-refractivity contribution in [1.82, 2.24) is 9.97 Å². The second-order valence-corrected chi connectivity index (χ2v) is 5.22. The summed E-state index contributed by atoms with van der Waals surface area (Å²) in [6.07, 6.45) is 4.01. The molecule has 0 unspecified atom stereocenters. The van der Waals surface area contributed by atoms with Gasteiger partial charge in [0.15, 0.2) is 0 Å². The Balaban J connectivity index is 2.01. The third kappa shape index (κ3) is 1.75. The molecule has 0 spiro atoms. The molecule has 1 aromatic carbocycles. The van der Waals surface area contributed by atoms with Crippen molar-refractivity contribution in [3.8, 4) is 0 Å². The molecule has 3 heteroatoms. The van der Waals surface area contributed by atoms with Crippen molar-refractivity contribution in [2.75, 3.05) is 13.7 Å². The van der Waals surface area contributed by atoms with Gasteiger partial charge in [0.1, 0.15) is 5.82 Å². The Bertz CT molecular complexity index is 534. The Morgan fingerprint density at radius 1 is 1.28 bits per heavy atom. The van der Waals surface area contributed by atoms with Crippen molar-refractivity contribution < 1.29 is 4.74 Å². The van der Waals surface area contributed by atoms with E-state index in [1.54, 1.807) is 7.11 Å². The molecule has 0 amide bonds. The second-order valence-electron chi connectivity index (χ2n) is 5.22. The van der Waals surface area contributed by atoms with Crippen LogP contribution in [0, 0.1) is 6.92 Å². The number of rotatable bonds is 3. The standard InChI is InChI=1S/C15H18N2O/c1-11-16-9-14(17-11)15(10-18-2)7-12-5-3-4-6-13(12)8-15/h3-6,9H,7-8,10H2,1-2H3,(H,16,17). The molecule has 0 atom stereocenters. The molecule has 94 valence electrons. The fourth-order valence-electron chi connectivity index (χ4n) is 3.03. The number of aryl methyl sites for hydroxylation is 1. The molecular formula is C15H18N2O. The van der Waals surface area contributed by atoms with Crippen LogP contribution in [0.2, 0.25) is 0 Å². The maximum absolute atomic E-state index is 5.48. The van der Waals surface area contributed by atoms with Crippen molar-refractivity contribution in [1.29, 1.82) is 0 Å². The molecule has 0 radical (unpaired) electrons. The Morgan fingerprint density at radius 2 is 1.94 bits per heavy atom. The van der Waals surface area contributed by atoms with Crippen LogP contribution in [0.25, 0.3) is 0 Å². The SMILES string of the molecule is COCC1(c2cnc(C)[nH]2)Cc2ccccc2C1. The number of H-pyrrole nitrogens is 1. The number of hydrogen-bond acceptors (Lipinski definition) is 2. The number of methoxy groups -OCH3 is 1. The summed E-state index contributed by atoms with van der Waals surface area (Å²) >= 11 is 0. The van der Waals surface area contributed by atoms with Crippen LogP contribution in [-0.4, -0.2) is 23.7 Å². The normalized spacial score (nSPS) is 16.8. The predicted molar refractivity (Wildman–Crippen MR) is 70.7 cm³/mol. The summed E-state index contributed by atoms with van der Waals surface area (Å²) in [5.74, 6) is 0.969. The predicted octanol–water partition coefficient (Wildman–Crippen LogP) is 2.40. The first-order valence-corrected chi connectivity index (χ1v) is 6.31. The molecule has 18 heavy (non-hydrogen) atoms. The summed E-state index contributed by atoms with van der Waals surface area (Å²) in [7, 11) is 1.77. The van der Waals surface area contributed by atoms with Crippen LogP contribution in [-0.2, 0) is 23.0 Å². The fraction of sp³-hybridized carbons (Fsp3) is 0.400. The third-order valence-corrected chi connectivity index (χ3v) is 3.87. The lowest BCUT2D eigenvalue weighted by Gasteiger charge is -2.26. The first-order chi connectivity index (χ1) is 8.73. The summed E-state index contributed by atoms with van der Waals surface area (Å²) in [6, 6.07) is 8.66. The zero-order valence-electron chi connectivity index (χ0n) is 10.9. The molecule has 0 saturated carbocycles. The van der Waals surface area contributed by atoms with Crippen LogP contribution >= 0.6 is 0 Å². The quantitative estimate of drug-likeness (QED) is 0.897. The van der Waals surface area contributed by atoms with Gasteiger partial charge in [0.2, 0.25) is 0 Å². The monoisotopic (exact) mass is 242 g/mol. The average Bonchev–Trinajstić information content (AvgIpc) is 2.93. The van der Waals surface area contributed by atoms with E-state index in [4.69, 9.17) is 4.74 Å². The van der Waals surface area contributed by atoms with E-state index in [2.05, 4.69) is 34.2 Å². The van der Waals surface area contributed by atoms with Gasteiger partial charge >= 0.3 is 0 Å². The van der Waals surface area contributed by atoms with Crippen LogP contribution in [0.3, 0.4) is 0 Å². The molecular weight excluding hydrogens is 224 g/mol. The van der Waals surface area contributed by atoms with Crippen LogP contribution in [0.1, 0.15) is 22.6 Å². The molecule has 1 heterocycles. The molecule has 1 aliphatic rings. The summed E-state index contributed by atoms with van der Waals surface area (Å²) < 4.78 is 5.48. The van der Waals surface area contributed by atoms with Gasteiger partial charge in [-0.25, -0.2) is 4.98 Å². The molecule has 0 aliphatic heterocycles. The van der Waals surface area contributed by atoms with Gasteiger partial charge in [-0.15, -0.1) is 0 Å². The van der Waals surface area contributed by atoms with E-state index in [0.29, 0.717) is 0 Å². The lowest BCUT2D eigenvalue weighted by atomic mass is 9.82. The summed E-state index contributed by atoms with van der Waals surface area (Å²) in [6.45, 7) is 2.72. The molecule has 1 aliphatic carbocycles. The van der Waals surface area contributed by atoms with Gasteiger partial charge in [-0.1, -0.05) is 24.3 Å². The smallest absolute Gasteiger partial charge is 0.103 e. The number of nitrogens with one attached hydrogen (secondary N) is 1. The van der Waals surface area contributed by atoms with Crippen LogP contribution < -0.4 is 0 Å². The zero-order chi connectivity index (χ0) is 12.6. The van der Waals surface area contributed by atoms with E-state index in [1.807, 2.05) is 13.1 Å². The number of benzene rings is 1. The maximum atomic E-state index is 5.48. The summed E-state index contributed by atoms with van der Waals surface area (Å²) in [5.41, 5.74) is 4.08. The van der Waals surface area contributed by atoms with Gasteiger partial charge < -0.3 is 9.72 Å². The molecule has 0 saturated heterocycles. The Hall–Kier alpha value is -1.61. The van der Waals surface area contributed by atoms with E-state index in [1.165, 1.54) is 16.8 Å². The van der Waals surface area contributed by atoms with Gasteiger partial charge in [0.25, 0.3) is 0 Å². The number of ether oxygens (including phenoxy) is 1. The van der Waals surface area contributed by atoms with Crippen molar-refractivity contribution in [2.45, 2.75) is 25.2 Å². The fourth-order valence-corrected chi connectivity index (χ4v) is 3.03. The maximum Gasteiger partial charge on any atom is 0.103 e. The van der Waals surface area contributed by atoms with E-state index < -0.39 is 0 Å². The minimum Gasteiger partial charge on any atom is -0.384 e. The van der Waals surface area contributed by atoms with Gasteiger partial charge in [-0.2, -0.15) is 0 Å². The van der Waals surface area contributed by atoms with Gasteiger partial charge in [-0.3, -0.25) is 0 Å². The molecule has 3 nitrogen and oxygen atoms in total. The van der Waals surface area contributed by atoms with Crippen molar-refractivity contribution in [2.24, 2.45) is 0 Å². The van der Waals surface area contributed by atoms with E-state index in [0.717, 1.165) is 25.3 Å². The minimum absolute atomic E-state index is 0.0275. The van der Waals surface area contributed by atoms with E-state index >= 15 is 0 Å². The number of fused-ring (bicyclic) bond motifs is 1. The van der Waals surface area contributed by atoms with E-state index in [-0.39, 0.29) is 5.41 Å². The third-order valence-electron chi connectivity index (χ3n) is 3.87. The highest BCUT2D eigenvalue weighted by molar-refractivity contribution is 5.40. The van der Waals surface area contributed by atoms with Crippen molar-refractivity contribution in [3.05, 3.63) is 53.1 Å². The number of hydrogen-bond donors (Lipinski definition) is 1. The number of aromatic amines is 1.